The Balaban J connectivity index is 2.04. The van der Waals surface area contributed by atoms with E-state index in [4.69, 9.17) is 4.74 Å². The number of rotatable bonds is 3. The van der Waals surface area contributed by atoms with E-state index in [9.17, 15) is 4.79 Å². The molecule has 1 aliphatic heterocycles. The molecule has 2 nitrogen and oxygen atoms in total. The van der Waals surface area contributed by atoms with Gasteiger partial charge in [0.05, 0.1) is 0 Å². The summed E-state index contributed by atoms with van der Waals surface area (Å²) in [6, 6.07) is 0. The van der Waals surface area contributed by atoms with Gasteiger partial charge in [0.2, 0.25) is 0 Å². The van der Waals surface area contributed by atoms with E-state index < -0.39 is 0 Å². The lowest BCUT2D eigenvalue weighted by atomic mass is 9.84. The van der Waals surface area contributed by atoms with Gasteiger partial charge in [-0.15, -0.1) is 0 Å². The third-order valence-corrected chi connectivity index (χ3v) is 3.27. The highest BCUT2D eigenvalue weighted by Crippen LogP contribution is 2.37. The fourth-order valence-corrected chi connectivity index (χ4v) is 2.48. The van der Waals surface area contributed by atoms with Crippen LogP contribution in [0.1, 0.15) is 45.4 Å². The molecule has 1 unspecified atom stereocenters. The van der Waals surface area contributed by atoms with Gasteiger partial charge in [-0.3, -0.25) is 0 Å². The van der Waals surface area contributed by atoms with Crippen LogP contribution < -0.4 is 0 Å². The molecule has 2 rings (SSSR count). The van der Waals surface area contributed by atoms with Gasteiger partial charge in [-0.05, 0) is 25.7 Å². The SMILES string of the molecule is CCCC[C@@H]1OC(=O)C2=CCCCC21. The second-order valence-electron chi connectivity index (χ2n) is 4.28. The molecule has 2 heteroatoms. The molecular formula is C12H18O2. The van der Waals surface area contributed by atoms with Gasteiger partial charge < -0.3 is 4.74 Å². The zero-order valence-corrected chi connectivity index (χ0v) is 8.79. The predicted molar refractivity (Wildman–Crippen MR) is 54.8 cm³/mol. The molecule has 2 atom stereocenters. The second-order valence-corrected chi connectivity index (χ2v) is 4.28. The predicted octanol–water partition coefficient (Wildman–Crippen LogP) is 2.83. The Bertz CT molecular complexity index is 255. The van der Waals surface area contributed by atoms with Gasteiger partial charge in [-0.1, -0.05) is 25.8 Å². The van der Waals surface area contributed by atoms with Crippen molar-refractivity contribution in [3.8, 4) is 0 Å². The topological polar surface area (TPSA) is 26.3 Å². The summed E-state index contributed by atoms with van der Waals surface area (Å²) in [7, 11) is 0. The van der Waals surface area contributed by atoms with Gasteiger partial charge in [-0.2, -0.15) is 0 Å². The third kappa shape index (κ3) is 1.70. The van der Waals surface area contributed by atoms with Crippen LogP contribution in [0, 0.1) is 5.92 Å². The number of esters is 1. The minimum Gasteiger partial charge on any atom is -0.458 e. The van der Waals surface area contributed by atoms with Gasteiger partial charge in [-0.25, -0.2) is 4.79 Å². The molecule has 0 aromatic rings. The van der Waals surface area contributed by atoms with E-state index in [1.54, 1.807) is 0 Å². The summed E-state index contributed by atoms with van der Waals surface area (Å²) in [5.74, 6) is 0.374. The quantitative estimate of drug-likeness (QED) is 0.646. The molecule has 0 N–H and O–H groups in total. The molecule has 0 bridgehead atoms. The summed E-state index contributed by atoms with van der Waals surface area (Å²) in [4.78, 5) is 11.5. The van der Waals surface area contributed by atoms with Crippen molar-refractivity contribution in [2.24, 2.45) is 5.92 Å². The average molecular weight is 194 g/mol. The van der Waals surface area contributed by atoms with E-state index in [0.29, 0.717) is 5.92 Å². The van der Waals surface area contributed by atoms with Gasteiger partial charge in [0.1, 0.15) is 6.10 Å². The van der Waals surface area contributed by atoms with Crippen molar-refractivity contribution in [3.63, 3.8) is 0 Å². The minimum atomic E-state index is -0.0456. The van der Waals surface area contributed by atoms with Crippen LogP contribution in [0.2, 0.25) is 0 Å². The summed E-state index contributed by atoms with van der Waals surface area (Å²) >= 11 is 0. The highest BCUT2D eigenvalue weighted by Gasteiger charge is 2.39. The van der Waals surface area contributed by atoms with Crippen molar-refractivity contribution in [3.05, 3.63) is 11.6 Å². The van der Waals surface area contributed by atoms with Crippen molar-refractivity contribution in [1.82, 2.24) is 0 Å². The third-order valence-electron chi connectivity index (χ3n) is 3.27. The molecule has 0 radical (unpaired) electrons. The summed E-state index contributed by atoms with van der Waals surface area (Å²) in [6.07, 6.45) is 9.09. The molecule has 0 aromatic carbocycles. The maximum atomic E-state index is 11.5. The zero-order valence-electron chi connectivity index (χ0n) is 8.79. The van der Waals surface area contributed by atoms with Crippen LogP contribution in [-0.2, 0) is 9.53 Å². The van der Waals surface area contributed by atoms with E-state index in [1.165, 1.54) is 19.3 Å². The Labute approximate surface area is 85.3 Å². The number of carbonyl (C=O) groups excluding carboxylic acids is 1. The Hall–Kier alpha value is -0.790. The number of fused-ring (bicyclic) bond motifs is 1. The van der Waals surface area contributed by atoms with Crippen molar-refractivity contribution >= 4 is 5.97 Å². The number of cyclic esters (lactones) is 1. The minimum absolute atomic E-state index is 0.0456. The molecule has 2 aliphatic rings. The first-order chi connectivity index (χ1) is 6.83. The summed E-state index contributed by atoms with van der Waals surface area (Å²) in [6.45, 7) is 2.17. The smallest absolute Gasteiger partial charge is 0.334 e. The van der Waals surface area contributed by atoms with Gasteiger partial charge >= 0.3 is 5.97 Å². The highest BCUT2D eigenvalue weighted by molar-refractivity contribution is 5.91. The molecule has 0 amide bonds. The van der Waals surface area contributed by atoms with E-state index in [1.807, 2.05) is 0 Å². The average Bonchev–Trinajstić information content (AvgIpc) is 2.54. The first-order valence-corrected chi connectivity index (χ1v) is 5.74. The van der Waals surface area contributed by atoms with Crippen molar-refractivity contribution in [2.75, 3.05) is 0 Å². The van der Waals surface area contributed by atoms with E-state index in [-0.39, 0.29) is 12.1 Å². The van der Waals surface area contributed by atoms with Crippen LogP contribution >= 0.6 is 0 Å². The zero-order chi connectivity index (χ0) is 9.97. The van der Waals surface area contributed by atoms with Crippen LogP contribution in [0.5, 0.6) is 0 Å². The van der Waals surface area contributed by atoms with E-state index in [2.05, 4.69) is 13.0 Å². The summed E-state index contributed by atoms with van der Waals surface area (Å²) in [5, 5.41) is 0. The lowest BCUT2D eigenvalue weighted by Gasteiger charge is -2.19. The van der Waals surface area contributed by atoms with Crippen molar-refractivity contribution < 1.29 is 9.53 Å². The molecule has 78 valence electrons. The van der Waals surface area contributed by atoms with E-state index >= 15 is 0 Å². The number of carbonyl (C=O) groups is 1. The molecule has 0 spiro atoms. The highest BCUT2D eigenvalue weighted by atomic mass is 16.6. The molecular weight excluding hydrogens is 176 g/mol. The Morgan fingerprint density at radius 1 is 1.57 bits per heavy atom. The molecule has 0 saturated carbocycles. The normalized spacial score (nSPS) is 30.9. The number of ether oxygens (including phenoxy) is 1. The fourth-order valence-electron chi connectivity index (χ4n) is 2.48. The number of hydrogen-bond donors (Lipinski definition) is 0. The first kappa shape index (κ1) is 9.75. The van der Waals surface area contributed by atoms with Gasteiger partial charge in [0.25, 0.3) is 0 Å². The summed E-state index contributed by atoms with van der Waals surface area (Å²) < 4.78 is 5.40. The van der Waals surface area contributed by atoms with E-state index in [0.717, 1.165) is 24.8 Å². The molecule has 1 aliphatic carbocycles. The van der Waals surface area contributed by atoms with Crippen LogP contribution in [0.25, 0.3) is 0 Å². The molecule has 14 heavy (non-hydrogen) atoms. The monoisotopic (exact) mass is 194 g/mol. The first-order valence-electron chi connectivity index (χ1n) is 5.74. The second kappa shape index (κ2) is 4.16. The Morgan fingerprint density at radius 3 is 3.21 bits per heavy atom. The summed E-state index contributed by atoms with van der Waals surface area (Å²) in [5.41, 5.74) is 0.970. The number of unbranched alkanes of at least 4 members (excludes halogenated alkanes) is 1. The lowest BCUT2D eigenvalue weighted by molar-refractivity contribution is -0.139. The fraction of sp³-hybridized carbons (Fsp3) is 0.750. The number of allylic oxidation sites excluding steroid dienone is 1. The van der Waals surface area contributed by atoms with Crippen LogP contribution in [0.3, 0.4) is 0 Å². The number of hydrogen-bond acceptors (Lipinski definition) is 2. The van der Waals surface area contributed by atoms with Crippen LogP contribution in [-0.4, -0.2) is 12.1 Å². The standard InChI is InChI=1S/C12H18O2/c1-2-3-8-11-9-6-4-5-7-10(9)12(13)14-11/h7,9,11H,2-6,8H2,1H3/t9?,11-/m0/s1. The van der Waals surface area contributed by atoms with Crippen molar-refractivity contribution in [1.29, 1.82) is 0 Å². The van der Waals surface area contributed by atoms with Crippen LogP contribution in [0.4, 0.5) is 0 Å². The Morgan fingerprint density at radius 2 is 2.43 bits per heavy atom. The maximum absolute atomic E-state index is 11.5. The maximum Gasteiger partial charge on any atom is 0.334 e. The van der Waals surface area contributed by atoms with Gasteiger partial charge in [0, 0.05) is 11.5 Å². The lowest BCUT2D eigenvalue weighted by Crippen LogP contribution is -2.18. The Kier molecular flexibility index (Phi) is 2.90. The van der Waals surface area contributed by atoms with Crippen molar-refractivity contribution in [2.45, 2.75) is 51.6 Å². The molecule has 1 fully saturated rings. The molecule has 1 saturated heterocycles. The van der Waals surface area contributed by atoms with Crippen LogP contribution in [0.15, 0.2) is 11.6 Å². The largest absolute Gasteiger partial charge is 0.458 e. The molecule has 1 heterocycles. The molecule has 0 aromatic heterocycles. The van der Waals surface area contributed by atoms with Gasteiger partial charge in [0.15, 0.2) is 0 Å².